The number of nitrogens with zero attached hydrogens (tertiary/aromatic N) is 2. The lowest BCUT2D eigenvalue weighted by atomic mass is 10.1. The normalized spacial score (nSPS) is 11.2. The van der Waals surface area contributed by atoms with Gasteiger partial charge in [0.2, 0.25) is 6.79 Å². The van der Waals surface area contributed by atoms with E-state index in [2.05, 4.69) is 0 Å². The summed E-state index contributed by atoms with van der Waals surface area (Å²) in [6.45, 7) is 0.162. The van der Waals surface area contributed by atoms with Crippen molar-refractivity contribution >= 4 is 6.08 Å². The second-order valence-corrected chi connectivity index (χ2v) is 3.23. The van der Waals surface area contributed by atoms with Crippen LogP contribution in [-0.4, -0.2) is 13.9 Å². The zero-order valence-corrected chi connectivity index (χ0v) is 9.06. The fraction of sp³-hybridized carbons (Fsp3) is 0.167. The van der Waals surface area contributed by atoms with Crippen LogP contribution in [0.25, 0.3) is 6.08 Å². The number of benzene rings is 1. The highest BCUT2D eigenvalue weighted by Crippen LogP contribution is 2.38. The van der Waals surface area contributed by atoms with Crippen LogP contribution in [0.15, 0.2) is 17.7 Å². The van der Waals surface area contributed by atoms with E-state index in [0.717, 1.165) is 0 Å². The molecule has 0 N–H and O–H groups in total. The lowest BCUT2D eigenvalue weighted by Crippen LogP contribution is -1.92. The molecule has 1 heterocycles. The molecule has 0 aliphatic carbocycles. The van der Waals surface area contributed by atoms with Crippen LogP contribution in [0, 0.1) is 22.7 Å². The molecule has 0 fully saturated rings. The summed E-state index contributed by atoms with van der Waals surface area (Å²) < 4.78 is 15.6. The van der Waals surface area contributed by atoms with Crippen LogP contribution in [0.4, 0.5) is 0 Å². The first-order valence-corrected chi connectivity index (χ1v) is 4.78. The summed E-state index contributed by atoms with van der Waals surface area (Å²) in [6, 6.07) is 6.93. The van der Waals surface area contributed by atoms with Gasteiger partial charge < -0.3 is 14.2 Å². The Kier molecular flexibility index (Phi) is 2.85. The third-order valence-electron chi connectivity index (χ3n) is 2.27. The maximum Gasteiger partial charge on any atom is 0.231 e. The Hall–Kier alpha value is -2.66. The topological polar surface area (TPSA) is 75.3 Å². The van der Waals surface area contributed by atoms with Crippen LogP contribution in [0.5, 0.6) is 17.2 Å². The number of ether oxygens (including phenoxy) is 3. The van der Waals surface area contributed by atoms with Crippen molar-refractivity contribution in [3.8, 4) is 29.4 Å². The molecule has 5 nitrogen and oxygen atoms in total. The number of fused-ring (bicyclic) bond motifs is 1. The van der Waals surface area contributed by atoms with Crippen molar-refractivity contribution in [2.24, 2.45) is 0 Å². The highest BCUT2D eigenvalue weighted by atomic mass is 16.7. The van der Waals surface area contributed by atoms with Gasteiger partial charge in [-0.2, -0.15) is 10.5 Å². The molecule has 0 amide bonds. The Labute approximate surface area is 98.1 Å². The van der Waals surface area contributed by atoms with E-state index >= 15 is 0 Å². The molecule has 17 heavy (non-hydrogen) atoms. The minimum absolute atomic E-state index is 0.00200. The van der Waals surface area contributed by atoms with Gasteiger partial charge in [0.05, 0.1) is 7.11 Å². The molecule has 1 aliphatic heterocycles. The Morgan fingerprint density at radius 2 is 1.94 bits per heavy atom. The van der Waals surface area contributed by atoms with E-state index in [4.69, 9.17) is 24.7 Å². The minimum atomic E-state index is 0.00200. The second-order valence-electron chi connectivity index (χ2n) is 3.23. The van der Waals surface area contributed by atoms with E-state index in [1.54, 1.807) is 24.3 Å². The van der Waals surface area contributed by atoms with Crippen LogP contribution in [0.2, 0.25) is 0 Å². The van der Waals surface area contributed by atoms with Gasteiger partial charge >= 0.3 is 0 Å². The number of nitriles is 2. The maximum absolute atomic E-state index is 8.71. The van der Waals surface area contributed by atoms with E-state index in [1.807, 2.05) is 0 Å². The number of allylic oxidation sites excluding steroid dienone is 1. The molecule has 0 bridgehead atoms. The molecule has 5 heteroatoms. The van der Waals surface area contributed by atoms with Gasteiger partial charge in [-0.3, -0.25) is 0 Å². The van der Waals surface area contributed by atoms with E-state index < -0.39 is 0 Å². The molecule has 84 valence electrons. The number of rotatable bonds is 2. The van der Waals surface area contributed by atoms with E-state index in [-0.39, 0.29) is 12.4 Å². The molecule has 1 aromatic carbocycles. The second kappa shape index (κ2) is 4.46. The van der Waals surface area contributed by atoms with Gasteiger partial charge in [-0.1, -0.05) is 0 Å². The van der Waals surface area contributed by atoms with Crippen molar-refractivity contribution in [1.29, 1.82) is 10.5 Å². The molecule has 0 radical (unpaired) electrons. The summed E-state index contributed by atoms with van der Waals surface area (Å²) in [7, 11) is 1.51. The Balaban J connectivity index is 2.51. The number of methoxy groups -OCH3 is 1. The van der Waals surface area contributed by atoms with E-state index in [1.165, 1.54) is 13.2 Å². The van der Waals surface area contributed by atoms with Crippen molar-refractivity contribution < 1.29 is 14.2 Å². The van der Waals surface area contributed by atoms with Gasteiger partial charge in [0.25, 0.3) is 0 Å². The van der Waals surface area contributed by atoms with Crippen molar-refractivity contribution in [2.45, 2.75) is 0 Å². The monoisotopic (exact) mass is 228 g/mol. The predicted molar refractivity (Wildman–Crippen MR) is 58.3 cm³/mol. The van der Waals surface area contributed by atoms with Crippen molar-refractivity contribution in [3.05, 3.63) is 23.3 Å². The van der Waals surface area contributed by atoms with Crippen LogP contribution in [0.3, 0.4) is 0 Å². The SMILES string of the molecule is COc1cc2c(cc1C=C(C#N)C#N)OCO2. The average molecular weight is 228 g/mol. The maximum atomic E-state index is 8.71. The first kappa shape index (κ1) is 10.8. The highest BCUT2D eigenvalue weighted by Gasteiger charge is 2.17. The minimum Gasteiger partial charge on any atom is -0.496 e. The Morgan fingerprint density at radius 1 is 1.29 bits per heavy atom. The molecular formula is C12H8N2O3. The molecule has 0 atom stereocenters. The van der Waals surface area contributed by atoms with Crippen molar-refractivity contribution in [2.75, 3.05) is 13.9 Å². The summed E-state index contributed by atoms with van der Waals surface area (Å²) in [6.07, 6.45) is 1.45. The predicted octanol–water partition coefficient (Wildman–Crippen LogP) is 1.85. The molecule has 1 aromatic rings. The zero-order chi connectivity index (χ0) is 12.3. The summed E-state index contributed by atoms with van der Waals surface area (Å²) in [5.41, 5.74) is 0.608. The van der Waals surface area contributed by atoms with Gasteiger partial charge in [0, 0.05) is 11.6 Å². The average Bonchev–Trinajstić information content (AvgIpc) is 2.81. The van der Waals surface area contributed by atoms with Gasteiger partial charge in [0.1, 0.15) is 23.5 Å². The van der Waals surface area contributed by atoms with Gasteiger partial charge in [-0.25, -0.2) is 0 Å². The number of hydrogen-bond donors (Lipinski definition) is 0. The van der Waals surface area contributed by atoms with E-state index in [0.29, 0.717) is 22.8 Å². The first-order valence-electron chi connectivity index (χ1n) is 4.78. The fourth-order valence-corrected chi connectivity index (χ4v) is 1.47. The molecule has 2 rings (SSSR count). The van der Waals surface area contributed by atoms with Crippen molar-refractivity contribution in [3.63, 3.8) is 0 Å². The quantitative estimate of drug-likeness (QED) is 0.722. The van der Waals surface area contributed by atoms with Crippen molar-refractivity contribution in [1.82, 2.24) is 0 Å². The van der Waals surface area contributed by atoms with Gasteiger partial charge in [-0.15, -0.1) is 0 Å². The standard InChI is InChI=1S/C12H8N2O3/c1-15-10-4-12-11(16-7-17-12)3-9(10)2-8(5-13)6-14/h2-4H,7H2,1H3. The van der Waals surface area contributed by atoms with Crippen LogP contribution in [0.1, 0.15) is 5.56 Å². The molecular weight excluding hydrogens is 220 g/mol. The lowest BCUT2D eigenvalue weighted by molar-refractivity contribution is 0.174. The molecule has 0 saturated heterocycles. The summed E-state index contributed by atoms with van der Waals surface area (Å²) in [4.78, 5) is 0. The Bertz CT molecular complexity index is 548. The van der Waals surface area contributed by atoms with Gasteiger partial charge in [0.15, 0.2) is 11.5 Å². The summed E-state index contributed by atoms with van der Waals surface area (Å²) >= 11 is 0. The molecule has 0 unspecified atom stereocenters. The van der Waals surface area contributed by atoms with Crippen LogP contribution in [-0.2, 0) is 0 Å². The van der Waals surface area contributed by atoms with Crippen LogP contribution < -0.4 is 14.2 Å². The fourth-order valence-electron chi connectivity index (χ4n) is 1.47. The molecule has 0 spiro atoms. The Morgan fingerprint density at radius 3 is 2.53 bits per heavy atom. The third kappa shape index (κ3) is 1.99. The van der Waals surface area contributed by atoms with Gasteiger partial charge in [-0.05, 0) is 12.1 Å². The lowest BCUT2D eigenvalue weighted by Gasteiger charge is -2.06. The first-order chi connectivity index (χ1) is 8.28. The highest BCUT2D eigenvalue weighted by molar-refractivity contribution is 5.69. The molecule has 0 saturated carbocycles. The summed E-state index contributed by atoms with van der Waals surface area (Å²) in [5.74, 6) is 1.69. The van der Waals surface area contributed by atoms with E-state index in [9.17, 15) is 0 Å². The largest absolute Gasteiger partial charge is 0.496 e. The molecule has 0 aromatic heterocycles. The zero-order valence-electron chi connectivity index (χ0n) is 9.06. The van der Waals surface area contributed by atoms with Crippen LogP contribution >= 0.6 is 0 Å². The number of hydrogen-bond acceptors (Lipinski definition) is 5. The third-order valence-corrected chi connectivity index (χ3v) is 2.27. The molecule has 1 aliphatic rings. The summed E-state index contributed by atoms with van der Waals surface area (Å²) in [5, 5.41) is 17.4. The smallest absolute Gasteiger partial charge is 0.231 e.